The lowest BCUT2D eigenvalue weighted by Crippen LogP contribution is -2.30. The van der Waals surface area contributed by atoms with Crippen LogP contribution in [-0.4, -0.2) is 11.7 Å². The van der Waals surface area contributed by atoms with Crippen molar-refractivity contribution in [3.8, 4) is 6.07 Å². The van der Waals surface area contributed by atoms with Gasteiger partial charge in [0.1, 0.15) is 0 Å². The summed E-state index contributed by atoms with van der Waals surface area (Å²) in [6, 6.07) is 10.0. The van der Waals surface area contributed by atoms with Crippen LogP contribution in [0.3, 0.4) is 0 Å². The molecule has 1 amide bonds. The average Bonchev–Trinajstić information content (AvgIpc) is 2.38. The minimum absolute atomic E-state index is 0.0278. The summed E-state index contributed by atoms with van der Waals surface area (Å²) in [7, 11) is 0. The van der Waals surface area contributed by atoms with E-state index in [4.69, 9.17) is 0 Å². The average molecular weight is 337 g/mol. The van der Waals surface area contributed by atoms with Gasteiger partial charge in [-0.15, -0.1) is 11.8 Å². The molecule has 5 heteroatoms. The number of allylic oxidation sites excluding steroid dienone is 1. The molecule has 0 saturated heterocycles. The quantitative estimate of drug-likeness (QED) is 0.918. The molecule has 0 aliphatic carbocycles. The van der Waals surface area contributed by atoms with Crippen molar-refractivity contribution in [2.45, 2.75) is 19.3 Å². The van der Waals surface area contributed by atoms with Gasteiger partial charge in [-0.2, -0.15) is 5.26 Å². The molecule has 1 aromatic carbocycles. The van der Waals surface area contributed by atoms with Gasteiger partial charge < -0.3 is 5.32 Å². The van der Waals surface area contributed by atoms with Crippen molar-refractivity contribution in [2.24, 2.45) is 0 Å². The first-order chi connectivity index (χ1) is 9.15. The normalized spacial score (nSPS) is 19.0. The highest BCUT2D eigenvalue weighted by Crippen LogP contribution is 2.36. The third-order valence-electron chi connectivity index (χ3n) is 2.90. The Bertz CT molecular complexity index is 577. The van der Waals surface area contributed by atoms with Gasteiger partial charge in [-0.25, -0.2) is 0 Å². The fourth-order valence-electron chi connectivity index (χ4n) is 2.09. The molecule has 1 aliphatic rings. The van der Waals surface area contributed by atoms with E-state index in [9.17, 15) is 10.1 Å². The zero-order chi connectivity index (χ0) is 13.8. The number of nitrogens with zero attached hydrogens (tertiary/aromatic N) is 1. The summed E-state index contributed by atoms with van der Waals surface area (Å²) in [6.07, 6.45) is 0.327. The first kappa shape index (κ1) is 14.2. The molecule has 0 unspecified atom stereocenters. The molecule has 0 saturated carbocycles. The predicted octanol–water partition coefficient (Wildman–Crippen LogP) is 3.54. The second kappa shape index (κ2) is 6.27. The molecule has 1 N–H and O–H groups in total. The lowest BCUT2D eigenvalue weighted by atomic mass is 9.87. The molecular formula is C14H13BrN2OS. The molecule has 0 spiro atoms. The van der Waals surface area contributed by atoms with Crippen LogP contribution in [0, 0.1) is 11.3 Å². The molecule has 0 aromatic heterocycles. The third kappa shape index (κ3) is 3.20. The van der Waals surface area contributed by atoms with Gasteiger partial charge in [0.05, 0.1) is 16.7 Å². The van der Waals surface area contributed by atoms with Crippen LogP contribution in [-0.2, 0) is 4.79 Å². The SMILES string of the molecule is CCSC1=C(C#N)[C@H](c2cccc(Br)c2)CC(=O)N1. The second-order valence-electron chi connectivity index (χ2n) is 4.15. The zero-order valence-corrected chi connectivity index (χ0v) is 12.8. The third-order valence-corrected chi connectivity index (χ3v) is 4.29. The van der Waals surface area contributed by atoms with E-state index in [1.807, 2.05) is 31.2 Å². The number of nitrogens with one attached hydrogen (secondary N) is 1. The van der Waals surface area contributed by atoms with Gasteiger partial charge in [-0.3, -0.25) is 4.79 Å². The number of halogens is 1. The van der Waals surface area contributed by atoms with Crippen molar-refractivity contribution in [1.82, 2.24) is 5.32 Å². The maximum atomic E-state index is 11.8. The van der Waals surface area contributed by atoms with E-state index in [1.165, 1.54) is 11.8 Å². The van der Waals surface area contributed by atoms with Crippen molar-refractivity contribution in [3.63, 3.8) is 0 Å². The maximum Gasteiger partial charge on any atom is 0.225 e. The van der Waals surface area contributed by atoms with Crippen LogP contribution in [0.2, 0.25) is 0 Å². The number of carbonyl (C=O) groups excluding carboxylic acids is 1. The molecule has 3 nitrogen and oxygen atoms in total. The van der Waals surface area contributed by atoms with Crippen molar-refractivity contribution in [1.29, 1.82) is 5.26 Å². The van der Waals surface area contributed by atoms with Crippen LogP contribution in [0.1, 0.15) is 24.8 Å². The van der Waals surface area contributed by atoms with E-state index in [-0.39, 0.29) is 11.8 Å². The van der Waals surface area contributed by atoms with E-state index in [0.717, 1.165) is 15.8 Å². The Morgan fingerprint density at radius 1 is 1.58 bits per heavy atom. The Kier molecular flexibility index (Phi) is 4.67. The number of carbonyl (C=O) groups is 1. The highest BCUT2D eigenvalue weighted by atomic mass is 79.9. The van der Waals surface area contributed by atoms with E-state index in [2.05, 4.69) is 27.3 Å². The van der Waals surface area contributed by atoms with Gasteiger partial charge in [-0.05, 0) is 23.4 Å². The van der Waals surface area contributed by atoms with Gasteiger partial charge in [0.25, 0.3) is 0 Å². The number of thioether (sulfide) groups is 1. The first-order valence-corrected chi connectivity index (χ1v) is 7.76. The summed E-state index contributed by atoms with van der Waals surface area (Å²) >= 11 is 4.93. The molecule has 1 heterocycles. The molecule has 0 bridgehead atoms. The zero-order valence-electron chi connectivity index (χ0n) is 10.4. The summed E-state index contributed by atoms with van der Waals surface area (Å²) in [5.74, 6) is 0.650. The number of hydrogen-bond donors (Lipinski definition) is 1. The van der Waals surface area contributed by atoms with Crippen LogP contribution in [0.5, 0.6) is 0 Å². The number of rotatable bonds is 3. The molecule has 19 heavy (non-hydrogen) atoms. The molecule has 1 aliphatic heterocycles. The van der Waals surface area contributed by atoms with Gasteiger partial charge in [-0.1, -0.05) is 35.0 Å². The largest absolute Gasteiger partial charge is 0.320 e. The summed E-state index contributed by atoms with van der Waals surface area (Å²) < 4.78 is 0.956. The first-order valence-electron chi connectivity index (χ1n) is 5.98. The Labute approximate surface area is 125 Å². The minimum atomic E-state index is -0.148. The van der Waals surface area contributed by atoms with E-state index in [1.54, 1.807) is 0 Å². The molecule has 0 fully saturated rings. The van der Waals surface area contributed by atoms with Gasteiger partial charge in [0, 0.05) is 16.8 Å². The highest BCUT2D eigenvalue weighted by Gasteiger charge is 2.29. The highest BCUT2D eigenvalue weighted by molar-refractivity contribution is 9.10. The Morgan fingerprint density at radius 3 is 3.00 bits per heavy atom. The number of nitriles is 1. The summed E-state index contributed by atoms with van der Waals surface area (Å²) in [5, 5.41) is 12.9. The Hall–Kier alpha value is -1.25. The number of amides is 1. The summed E-state index contributed by atoms with van der Waals surface area (Å²) in [6.45, 7) is 2.00. The van der Waals surface area contributed by atoms with Crippen LogP contribution < -0.4 is 5.32 Å². The molecule has 1 aromatic rings. The van der Waals surface area contributed by atoms with Crippen molar-refractivity contribution < 1.29 is 4.79 Å². The van der Waals surface area contributed by atoms with E-state index in [0.29, 0.717) is 17.0 Å². The van der Waals surface area contributed by atoms with E-state index < -0.39 is 0 Å². The fourth-order valence-corrected chi connectivity index (χ4v) is 3.32. The standard InChI is InChI=1S/C14H13BrN2OS/c1-2-19-14-12(8-16)11(7-13(18)17-14)9-4-3-5-10(15)6-9/h3-6,11H,2,7H2,1H3,(H,17,18)/t11-/m0/s1. The second-order valence-corrected chi connectivity index (χ2v) is 6.34. The number of benzene rings is 1. The Balaban J connectivity index is 2.45. The van der Waals surface area contributed by atoms with E-state index >= 15 is 0 Å². The fraction of sp³-hybridized carbons (Fsp3) is 0.286. The topological polar surface area (TPSA) is 52.9 Å². The molecular weight excluding hydrogens is 324 g/mol. The summed E-state index contributed by atoms with van der Waals surface area (Å²) in [5.41, 5.74) is 1.65. The van der Waals surface area contributed by atoms with Crippen LogP contribution in [0.4, 0.5) is 0 Å². The van der Waals surface area contributed by atoms with Crippen molar-refractivity contribution in [2.75, 3.05) is 5.75 Å². The number of hydrogen-bond acceptors (Lipinski definition) is 3. The smallest absolute Gasteiger partial charge is 0.225 e. The minimum Gasteiger partial charge on any atom is -0.320 e. The van der Waals surface area contributed by atoms with Gasteiger partial charge in [0.2, 0.25) is 5.91 Å². The lowest BCUT2D eigenvalue weighted by Gasteiger charge is -2.25. The van der Waals surface area contributed by atoms with Crippen LogP contribution in [0.25, 0.3) is 0 Å². The van der Waals surface area contributed by atoms with Crippen molar-refractivity contribution >= 4 is 33.6 Å². The molecule has 2 rings (SSSR count). The predicted molar refractivity (Wildman–Crippen MR) is 80.4 cm³/mol. The summed E-state index contributed by atoms with van der Waals surface area (Å²) in [4.78, 5) is 11.8. The molecule has 98 valence electrons. The van der Waals surface area contributed by atoms with Crippen molar-refractivity contribution in [3.05, 3.63) is 44.9 Å². The monoisotopic (exact) mass is 336 g/mol. The maximum absolute atomic E-state index is 11.8. The van der Waals surface area contributed by atoms with Crippen LogP contribution in [0.15, 0.2) is 39.3 Å². The molecule has 1 atom stereocenters. The Morgan fingerprint density at radius 2 is 2.37 bits per heavy atom. The lowest BCUT2D eigenvalue weighted by molar-refractivity contribution is -0.120. The van der Waals surface area contributed by atoms with Crippen LogP contribution >= 0.6 is 27.7 Å². The van der Waals surface area contributed by atoms with Gasteiger partial charge in [0.15, 0.2) is 0 Å². The molecule has 0 radical (unpaired) electrons. The van der Waals surface area contributed by atoms with Gasteiger partial charge >= 0.3 is 0 Å².